The van der Waals surface area contributed by atoms with E-state index in [4.69, 9.17) is 0 Å². The molecule has 0 aliphatic carbocycles. The van der Waals surface area contributed by atoms with Gasteiger partial charge in [0.05, 0.1) is 22.3 Å². The van der Waals surface area contributed by atoms with Crippen molar-refractivity contribution in [2.45, 2.75) is 18.4 Å². The minimum atomic E-state index is -4.27. The van der Waals surface area contributed by atoms with Gasteiger partial charge in [0, 0.05) is 37.0 Å². The van der Waals surface area contributed by atoms with Gasteiger partial charge >= 0.3 is 0 Å². The van der Waals surface area contributed by atoms with Gasteiger partial charge in [0.25, 0.3) is 0 Å². The van der Waals surface area contributed by atoms with Crippen LogP contribution in [0.4, 0.5) is 5.69 Å². The Morgan fingerprint density at radius 2 is 1.41 bits per heavy atom. The van der Waals surface area contributed by atoms with Crippen LogP contribution in [-0.2, 0) is 16.7 Å². The molecule has 0 fully saturated rings. The highest BCUT2D eigenvalue weighted by molar-refractivity contribution is 7.85. The summed E-state index contributed by atoms with van der Waals surface area (Å²) in [7, 11) is -2.27. The number of anilines is 1. The lowest BCUT2D eigenvalue weighted by Gasteiger charge is -2.18. The summed E-state index contributed by atoms with van der Waals surface area (Å²) >= 11 is 0. The average molecular weight is 541 g/mol. The first-order valence-electron chi connectivity index (χ1n) is 12.6. The van der Waals surface area contributed by atoms with Gasteiger partial charge in [-0.15, -0.1) is 0 Å². The second-order valence-corrected chi connectivity index (χ2v) is 10.6. The lowest BCUT2D eigenvalue weighted by molar-refractivity contribution is -0.634. The van der Waals surface area contributed by atoms with Gasteiger partial charge in [-0.3, -0.25) is 0 Å². The molecule has 0 bridgehead atoms. The maximum atomic E-state index is 10.4. The van der Waals surface area contributed by atoms with Crippen LogP contribution in [0, 0.1) is 6.92 Å². The van der Waals surface area contributed by atoms with Gasteiger partial charge in [0.15, 0.2) is 6.54 Å². The largest absolute Gasteiger partial charge is 0.744 e. The number of para-hydroxylation sites is 2. The van der Waals surface area contributed by atoms with Crippen molar-refractivity contribution in [1.29, 1.82) is 0 Å². The first-order chi connectivity index (χ1) is 18.7. The number of fused-ring (bicyclic) bond motifs is 2. The summed E-state index contributed by atoms with van der Waals surface area (Å²) in [6, 6.07) is 31.5. The van der Waals surface area contributed by atoms with Gasteiger partial charge in [-0.2, -0.15) is 4.57 Å². The number of benzene rings is 4. The smallest absolute Gasteiger partial charge is 0.213 e. The van der Waals surface area contributed by atoms with Crippen molar-refractivity contribution in [2.24, 2.45) is 0 Å². The molecule has 5 aromatic rings. The molecule has 1 N–H and O–H groups in total. The summed E-state index contributed by atoms with van der Waals surface area (Å²) in [5.41, 5.74) is 6.89. The molecule has 4 aromatic carbocycles. The van der Waals surface area contributed by atoms with E-state index in [1.807, 2.05) is 20.0 Å². The Balaban J connectivity index is 0.000000270. The molecule has 7 heteroatoms. The minimum Gasteiger partial charge on any atom is -0.744 e. The Labute approximate surface area is 229 Å². The molecule has 39 heavy (non-hydrogen) atoms. The molecule has 1 aromatic heterocycles. The monoisotopic (exact) mass is 540 g/mol. The average Bonchev–Trinajstić information content (AvgIpc) is 2.93. The number of allylic oxidation sites excluding steroid dienone is 1. The Morgan fingerprint density at radius 1 is 0.872 bits per heavy atom. The summed E-state index contributed by atoms with van der Waals surface area (Å²) < 4.78 is 33.5. The normalized spacial score (nSPS) is 11.2. The third-order valence-corrected chi connectivity index (χ3v) is 7.43. The number of likely N-dealkylation sites (N-methyl/N-ethyl adjacent to an activating group) is 1. The van der Waals surface area contributed by atoms with Crippen molar-refractivity contribution in [1.82, 2.24) is 0 Å². The van der Waals surface area contributed by atoms with E-state index < -0.39 is 10.1 Å². The topological polar surface area (TPSA) is 84.5 Å². The summed E-state index contributed by atoms with van der Waals surface area (Å²) in [5, 5.41) is 11.7. The molecular weight excluding hydrogens is 508 g/mol. The van der Waals surface area contributed by atoms with Crippen LogP contribution in [0.2, 0.25) is 0 Å². The quantitative estimate of drug-likeness (QED) is 0.128. The zero-order chi connectivity index (χ0) is 28.0. The number of pyridine rings is 1. The molecule has 0 radical (unpaired) electrons. The van der Waals surface area contributed by atoms with E-state index in [-0.39, 0.29) is 11.5 Å². The fraction of sp³-hybridized carbons (Fsp3) is 0.156. The van der Waals surface area contributed by atoms with E-state index in [0.717, 1.165) is 17.8 Å². The Kier molecular flexibility index (Phi) is 8.76. The van der Waals surface area contributed by atoms with Crippen molar-refractivity contribution in [3.05, 3.63) is 115 Å². The number of aryl methyl sites for hydroxylation is 1. The van der Waals surface area contributed by atoms with Gasteiger partial charge in [-0.1, -0.05) is 60.7 Å². The fourth-order valence-corrected chi connectivity index (χ4v) is 5.09. The summed E-state index contributed by atoms with van der Waals surface area (Å²) in [6.07, 6.45) is 1.95. The summed E-state index contributed by atoms with van der Waals surface area (Å²) in [5.74, 6) is 0. The highest BCUT2D eigenvalue weighted by atomic mass is 32.2. The van der Waals surface area contributed by atoms with Crippen LogP contribution in [0.15, 0.2) is 115 Å². The number of aliphatic hydroxyl groups is 1. The molecule has 1 heterocycles. The number of aliphatic hydroxyl groups excluding tert-OH is 1. The second-order valence-electron chi connectivity index (χ2n) is 9.27. The van der Waals surface area contributed by atoms with E-state index >= 15 is 0 Å². The molecule has 0 spiro atoms. The fourth-order valence-electron chi connectivity index (χ4n) is 4.62. The highest BCUT2D eigenvalue weighted by Crippen LogP contribution is 2.34. The standard InChI is InChI=1S/C25H25N2O.C7H8O3S/c1-3-16-27-23-10-6-4-8-21(23)25(22-9-5-7-11-24(22)27)19-12-14-20(15-13-19)26(2)17-18-28;1-6-2-4-7(5-3-6)11(8,9)10/h3-15,28H,1,16-18H2,2H3;2-5H,1H3,(H,8,9,10)/q+1;/p-1. The number of nitrogens with zero attached hydrogens (tertiary/aromatic N) is 2. The van der Waals surface area contributed by atoms with Crippen LogP contribution >= 0.6 is 0 Å². The van der Waals surface area contributed by atoms with Crippen molar-refractivity contribution in [3.8, 4) is 11.1 Å². The molecule has 200 valence electrons. The molecule has 0 amide bonds. The van der Waals surface area contributed by atoms with E-state index in [1.54, 1.807) is 12.1 Å². The molecular formula is C32H32N2O4S. The van der Waals surface area contributed by atoms with Crippen molar-refractivity contribution in [2.75, 3.05) is 25.1 Å². The lowest BCUT2D eigenvalue weighted by Crippen LogP contribution is -2.34. The molecule has 5 rings (SSSR count). The molecule has 0 atom stereocenters. The van der Waals surface area contributed by atoms with E-state index in [0.29, 0.717) is 6.54 Å². The second kappa shape index (κ2) is 12.2. The molecule has 6 nitrogen and oxygen atoms in total. The van der Waals surface area contributed by atoms with E-state index in [2.05, 4.69) is 88.8 Å². The van der Waals surface area contributed by atoms with E-state index in [1.165, 1.54) is 45.1 Å². The van der Waals surface area contributed by atoms with Crippen molar-refractivity contribution >= 4 is 37.6 Å². The minimum absolute atomic E-state index is 0.148. The maximum Gasteiger partial charge on any atom is 0.213 e. The van der Waals surface area contributed by atoms with Gasteiger partial charge < -0.3 is 14.6 Å². The van der Waals surface area contributed by atoms with Crippen LogP contribution in [0.5, 0.6) is 0 Å². The Hall–Kier alpha value is -4.04. The Morgan fingerprint density at radius 3 is 1.90 bits per heavy atom. The van der Waals surface area contributed by atoms with Crippen LogP contribution in [0.25, 0.3) is 32.9 Å². The van der Waals surface area contributed by atoms with Gasteiger partial charge in [0.2, 0.25) is 11.0 Å². The van der Waals surface area contributed by atoms with Crippen LogP contribution in [-0.4, -0.2) is 38.3 Å². The highest BCUT2D eigenvalue weighted by Gasteiger charge is 2.20. The van der Waals surface area contributed by atoms with Crippen LogP contribution in [0.1, 0.15) is 5.56 Å². The zero-order valence-corrected chi connectivity index (χ0v) is 22.9. The number of hydrogen-bond donors (Lipinski definition) is 1. The summed E-state index contributed by atoms with van der Waals surface area (Å²) in [4.78, 5) is 1.88. The van der Waals surface area contributed by atoms with Crippen molar-refractivity contribution in [3.63, 3.8) is 0 Å². The van der Waals surface area contributed by atoms with E-state index in [9.17, 15) is 18.1 Å². The lowest BCUT2D eigenvalue weighted by atomic mass is 9.95. The number of hydrogen-bond acceptors (Lipinski definition) is 5. The molecule has 0 saturated carbocycles. The predicted octanol–water partition coefficient (Wildman–Crippen LogP) is 5.46. The maximum absolute atomic E-state index is 10.4. The van der Waals surface area contributed by atoms with Crippen LogP contribution in [0.3, 0.4) is 0 Å². The number of rotatable bonds is 7. The summed E-state index contributed by atoms with van der Waals surface area (Å²) in [6.45, 7) is 7.31. The molecule has 0 unspecified atom stereocenters. The van der Waals surface area contributed by atoms with Gasteiger partial charge in [0.1, 0.15) is 10.1 Å². The number of aromatic nitrogens is 1. The zero-order valence-electron chi connectivity index (χ0n) is 22.1. The SMILES string of the molecule is C=CC[n+]1c2ccccc2c(-c2ccc(N(C)CCO)cc2)c2ccccc21.Cc1ccc(S(=O)(=O)[O-])cc1. The van der Waals surface area contributed by atoms with Crippen molar-refractivity contribution < 1.29 is 22.6 Å². The third-order valence-electron chi connectivity index (χ3n) is 6.58. The molecule has 0 aliphatic rings. The van der Waals surface area contributed by atoms with Crippen LogP contribution < -0.4 is 9.47 Å². The Bertz CT molecular complexity index is 1640. The molecule has 0 saturated heterocycles. The predicted molar refractivity (Wildman–Crippen MR) is 157 cm³/mol. The first-order valence-corrected chi connectivity index (χ1v) is 14.0. The third kappa shape index (κ3) is 6.34. The molecule has 0 aliphatic heterocycles. The van der Waals surface area contributed by atoms with Gasteiger partial charge in [-0.05, 0) is 55.0 Å². The van der Waals surface area contributed by atoms with Gasteiger partial charge in [-0.25, -0.2) is 8.42 Å². The first kappa shape index (κ1) is 28.0.